The molecule has 2 saturated carbocycles. The highest BCUT2D eigenvalue weighted by atomic mass is 32.2. The molecule has 2 aliphatic carbocycles. The number of fused-ring (bicyclic) bond motifs is 5. The Labute approximate surface area is 322 Å². The van der Waals surface area contributed by atoms with Gasteiger partial charge in [0, 0.05) is 35.7 Å². The molecule has 55 heavy (non-hydrogen) atoms. The van der Waals surface area contributed by atoms with Gasteiger partial charge in [-0.15, -0.1) is 0 Å². The molecule has 1 aromatic carbocycles. The zero-order valence-corrected chi connectivity index (χ0v) is 33.3. The number of rotatable bonds is 6. The molecule has 3 N–H and O–H groups in total. The number of sulfonamides is 1. The van der Waals surface area contributed by atoms with Gasteiger partial charge in [-0.3, -0.25) is 19.1 Å². The van der Waals surface area contributed by atoms with E-state index in [0.29, 0.717) is 38.2 Å². The molecule has 4 amide bonds. The Morgan fingerprint density at radius 3 is 2.58 bits per heavy atom. The lowest BCUT2D eigenvalue weighted by Crippen LogP contribution is -2.59. The Hall–Kier alpha value is -4.40. The van der Waals surface area contributed by atoms with Crippen LogP contribution in [0.2, 0.25) is 0 Å². The van der Waals surface area contributed by atoms with Crippen molar-refractivity contribution in [1.82, 2.24) is 25.2 Å². The van der Waals surface area contributed by atoms with Gasteiger partial charge in [0.05, 0.1) is 17.9 Å². The van der Waals surface area contributed by atoms with Crippen LogP contribution in [-0.2, 0) is 35.6 Å². The minimum absolute atomic E-state index is 0.0134. The summed E-state index contributed by atoms with van der Waals surface area (Å²) in [5.74, 6) is -1.42. The number of allylic oxidation sites excluding steroid dienone is 1. The van der Waals surface area contributed by atoms with Gasteiger partial charge in [0.15, 0.2) is 0 Å². The summed E-state index contributed by atoms with van der Waals surface area (Å²) < 4.78 is 45.6. The van der Waals surface area contributed by atoms with Gasteiger partial charge < -0.3 is 29.7 Å². The van der Waals surface area contributed by atoms with Crippen LogP contribution in [-0.4, -0.2) is 89.3 Å². The molecule has 1 unspecified atom stereocenters. The minimum atomic E-state index is -3.99. The fourth-order valence-corrected chi connectivity index (χ4v) is 9.47. The van der Waals surface area contributed by atoms with Crippen LogP contribution < -0.4 is 24.8 Å². The van der Waals surface area contributed by atoms with E-state index in [-0.39, 0.29) is 31.2 Å². The van der Waals surface area contributed by atoms with E-state index in [1.807, 2.05) is 37.3 Å². The number of ether oxygens (including phenoxy) is 3. The summed E-state index contributed by atoms with van der Waals surface area (Å²) in [4.78, 5) is 62.4. The standard InChI is InChI=1S/C40H53N5O9S/c1-23-9-7-8-10-26-21-40(26,36(48)44-55(50,51)39(6)15-16-39)43-33(46)30-20-27(53-34-29-12-11-25-14-18-52-32(25)28(29)13-17-41-34)22-45(30)35(47)31(24(2)19-23)42-37(49)54-38(3,4)5/h8,10-13,17,23-24,26-27,30-31H,7,9,14-16,18-22H2,1-6H3,(H,42,49)(H,43,46)(H,44,48)/b10-8-/t23?,24-,26-,27-,30+,31+,40-/m1/s1. The quantitative estimate of drug-likeness (QED) is 0.358. The van der Waals surface area contributed by atoms with Gasteiger partial charge in [-0.25, -0.2) is 18.2 Å². The second kappa shape index (κ2) is 14.3. The summed E-state index contributed by atoms with van der Waals surface area (Å²) in [5.41, 5.74) is -1.25. The first-order valence-electron chi connectivity index (χ1n) is 19.5. The number of benzene rings is 1. The molecule has 1 aromatic heterocycles. The topological polar surface area (TPSA) is 182 Å². The summed E-state index contributed by atoms with van der Waals surface area (Å²) >= 11 is 0. The van der Waals surface area contributed by atoms with Crippen molar-refractivity contribution in [2.45, 2.75) is 127 Å². The van der Waals surface area contributed by atoms with Crippen molar-refractivity contribution in [2.24, 2.45) is 17.8 Å². The van der Waals surface area contributed by atoms with Crippen molar-refractivity contribution < 1.29 is 41.8 Å². The van der Waals surface area contributed by atoms with Crippen LogP contribution in [0.4, 0.5) is 4.79 Å². The molecule has 7 rings (SSSR count). The maximum Gasteiger partial charge on any atom is 0.408 e. The number of nitrogens with zero attached hydrogens (tertiary/aromatic N) is 2. The van der Waals surface area contributed by atoms with E-state index in [4.69, 9.17) is 14.2 Å². The van der Waals surface area contributed by atoms with Crippen LogP contribution >= 0.6 is 0 Å². The smallest absolute Gasteiger partial charge is 0.408 e. The molecule has 5 aliphatic rings. The number of carbonyl (C=O) groups excluding carboxylic acids is 4. The Morgan fingerprint density at radius 1 is 1.09 bits per heavy atom. The first kappa shape index (κ1) is 38.9. The zero-order chi connectivity index (χ0) is 39.5. The number of hydrogen-bond donors (Lipinski definition) is 3. The molecule has 0 spiro atoms. The van der Waals surface area contributed by atoms with Crippen LogP contribution in [0.5, 0.6) is 11.6 Å². The second-order valence-corrected chi connectivity index (χ2v) is 19.6. The van der Waals surface area contributed by atoms with Crippen LogP contribution in [0.3, 0.4) is 0 Å². The molecule has 0 radical (unpaired) electrons. The summed E-state index contributed by atoms with van der Waals surface area (Å²) in [6.07, 6.45) is 8.01. The van der Waals surface area contributed by atoms with Crippen molar-refractivity contribution in [3.8, 4) is 11.6 Å². The van der Waals surface area contributed by atoms with Gasteiger partial charge in [0.25, 0.3) is 5.91 Å². The van der Waals surface area contributed by atoms with Gasteiger partial charge >= 0.3 is 6.09 Å². The third kappa shape index (κ3) is 7.86. The van der Waals surface area contributed by atoms with E-state index < -0.39 is 73.8 Å². The second-order valence-electron chi connectivity index (χ2n) is 17.4. The van der Waals surface area contributed by atoms with Crippen molar-refractivity contribution in [3.05, 3.63) is 42.1 Å². The van der Waals surface area contributed by atoms with Crippen molar-refractivity contribution in [1.29, 1.82) is 0 Å². The van der Waals surface area contributed by atoms with E-state index >= 15 is 0 Å². The molecule has 1 saturated heterocycles. The average molecular weight is 780 g/mol. The van der Waals surface area contributed by atoms with Gasteiger partial charge in [0.1, 0.15) is 35.1 Å². The molecule has 7 atom stereocenters. The predicted molar refractivity (Wildman–Crippen MR) is 204 cm³/mol. The number of nitrogens with one attached hydrogen (secondary N) is 3. The maximum atomic E-state index is 14.8. The lowest BCUT2D eigenvalue weighted by molar-refractivity contribution is -0.142. The monoisotopic (exact) mass is 779 g/mol. The van der Waals surface area contributed by atoms with E-state index in [9.17, 15) is 27.6 Å². The van der Waals surface area contributed by atoms with Gasteiger partial charge in [-0.1, -0.05) is 32.1 Å². The third-order valence-corrected chi connectivity index (χ3v) is 13.9. The third-order valence-electron chi connectivity index (χ3n) is 11.8. The molecule has 298 valence electrons. The number of pyridine rings is 1. The van der Waals surface area contributed by atoms with E-state index in [1.165, 1.54) is 4.90 Å². The Balaban J connectivity index is 1.22. The maximum absolute atomic E-state index is 14.8. The number of hydrogen-bond acceptors (Lipinski definition) is 10. The van der Waals surface area contributed by atoms with Crippen LogP contribution in [0.15, 0.2) is 36.5 Å². The molecule has 15 heteroatoms. The highest BCUT2D eigenvalue weighted by Gasteiger charge is 2.63. The highest BCUT2D eigenvalue weighted by molar-refractivity contribution is 7.91. The summed E-state index contributed by atoms with van der Waals surface area (Å²) in [5, 5.41) is 7.31. The Kier molecular flexibility index (Phi) is 10.1. The van der Waals surface area contributed by atoms with Crippen molar-refractivity contribution in [3.63, 3.8) is 0 Å². The largest absolute Gasteiger partial charge is 0.492 e. The summed E-state index contributed by atoms with van der Waals surface area (Å²) in [6, 6.07) is 3.62. The predicted octanol–water partition coefficient (Wildman–Crippen LogP) is 4.30. The Morgan fingerprint density at radius 2 is 1.85 bits per heavy atom. The SMILES string of the molecule is CC1CC/C=C\[C@@H]2C[C@@]2(C(=O)NS(=O)(=O)C2(C)CC2)NC(=O)[C@@H]2C[C@@H](Oc3nccc4c5c(ccc34)CCO5)CN2C(=O)[C@@H](NC(=O)OC(C)(C)C)[C@H](C)C1. The first-order valence-corrected chi connectivity index (χ1v) is 20.9. The summed E-state index contributed by atoms with van der Waals surface area (Å²) in [7, 11) is -3.99. The number of carbonyl (C=O) groups is 4. The molecule has 3 fully saturated rings. The lowest BCUT2D eigenvalue weighted by Gasteiger charge is -2.33. The fraction of sp³-hybridized carbons (Fsp3) is 0.625. The van der Waals surface area contributed by atoms with Crippen molar-refractivity contribution in [2.75, 3.05) is 13.2 Å². The van der Waals surface area contributed by atoms with E-state index in [2.05, 4.69) is 27.3 Å². The van der Waals surface area contributed by atoms with Crippen molar-refractivity contribution >= 4 is 44.6 Å². The molecule has 2 aromatic rings. The molecule has 4 heterocycles. The zero-order valence-electron chi connectivity index (χ0n) is 32.5. The molecular formula is C40H53N5O9S. The fourth-order valence-electron chi connectivity index (χ4n) is 8.16. The van der Waals surface area contributed by atoms with Crippen LogP contribution in [0.1, 0.15) is 92.1 Å². The Bertz CT molecular complexity index is 2030. The average Bonchev–Trinajstić information content (AvgIpc) is 3.88. The lowest BCUT2D eigenvalue weighted by atomic mass is 9.88. The molecular weight excluding hydrogens is 727 g/mol. The van der Waals surface area contributed by atoms with E-state index in [0.717, 1.165) is 34.9 Å². The van der Waals surface area contributed by atoms with Gasteiger partial charge in [-0.05, 0) is 95.8 Å². The van der Waals surface area contributed by atoms with Crippen LogP contribution in [0.25, 0.3) is 10.8 Å². The molecule has 14 nitrogen and oxygen atoms in total. The molecule has 0 bridgehead atoms. The first-order chi connectivity index (χ1) is 25.9. The number of amides is 4. The highest BCUT2D eigenvalue weighted by Crippen LogP contribution is 2.48. The normalized spacial score (nSPS) is 31.0. The van der Waals surface area contributed by atoms with Gasteiger partial charge in [-0.2, -0.15) is 0 Å². The van der Waals surface area contributed by atoms with Crippen LogP contribution in [0, 0.1) is 17.8 Å². The minimum Gasteiger partial charge on any atom is -0.492 e. The number of aromatic nitrogens is 1. The molecule has 3 aliphatic heterocycles. The number of alkyl carbamates (subject to hydrolysis) is 1. The van der Waals surface area contributed by atoms with E-state index in [1.54, 1.807) is 33.9 Å². The summed E-state index contributed by atoms with van der Waals surface area (Å²) in [6.45, 7) is 11.4. The van der Waals surface area contributed by atoms with Gasteiger partial charge in [0.2, 0.25) is 27.7 Å².